The molecule has 0 saturated heterocycles. The molecule has 110 valence electrons. The van der Waals surface area contributed by atoms with Crippen LogP contribution in [0, 0.1) is 19.7 Å². The van der Waals surface area contributed by atoms with E-state index in [0.29, 0.717) is 12.1 Å². The summed E-state index contributed by atoms with van der Waals surface area (Å²) in [5, 5.41) is 0. The number of halogens is 1. The molecule has 1 heterocycles. The Hall–Kier alpha value is -2.36. The van der Waals surface area contributed by atoms with E-state index in [0.717, 1.165) is 11.4 Å². The van der Waals surface area contributed by atoms with Crippen LogP contribution in [0.1, 0.15) is 21.7 Å². The second kappa shape index (κ2) is 6.39. The number of hydrogen-bond acceptors (Lipinski definition) is 2. The number of aryl methyl sites for hydroxylation is 1. The molecule has 4 heteroatoms. The van der Waals surface area contributed by atoms with Gasteiger partial charge < -0.3 is 9.30 Å². The molecular formula is C17H18FNO2. The molecule has 1 aromatic heterocycles. The Balaban J connectivity index is 2.12. The molecule has 0 amide bonds. The maximum Gasteiger partial charge on any atom is 0.202 e. The highest BCUT2D eigenvalue weighted by Crippen LogP contribution is 2.18. The molecule has 21 heavy (non-hydrogen) atoms. The molecule has 2 aromatic rings. The highest BCUT2D eigenvalue weighted by Gasteiger charge is 2.16. The standard InChI is InChI=1S/C17H18FNO2/c1-4-9-19-12(2)10-14(13(19)3)16(20)11-21-17-8-6-5-7-15(17)18/h4-8,10H,1,9,11H2,2-3H3. The van der Waals surface area contributed by atoms with Crippen molar-refractivity contribution >= 4 is 5.78 Å². The van der Waals surface area contributed by atoms with Gasteiger partial charge in [-0.15, -0.1) is 6.58 Å². The van der Waals surface area contributed by atoms with E-state index in [2.05, 4.69) is 6.58 Å². The summed E-state index contributed by atoms with van der Waals surface area (Å²) in [6.07, 6.45) is 1.78. The minimum absolute atomic E-state index is 0.0887. The normalized spacial score (nSPS) is 10.4. The second-order valence-electron chi connectivity index (χ2n) is 4.83. The van der Waals surface area contributed by atoms with Crippen LogP contribution in [-0.2, 0) is 6.54 Å². The largest absolute Gasteiger partial charge is 0.482 e. The maximum absolute atomic E-state index is 13.4. The van der Waals surface area contributed by atoms with Gasteiger partial charge in [-0.05, 0) is 32.0 Å². The van der Waals surface area contributed by atoms with E-state index in [1.54, 1.807) is 18.2 Å². The van der Waals surface area contributed by atoms with Crippen LogP contribution in [0.25, 0.3) is 0 Å². The van der Waals surface area contributed by atoms with E-state index in [4.69, 9.17) is 4.74 Å². The summed E-state index contributed by atoms with van der Waals surface area (Å²) in [5.74, 6) is -0.546. The predicted octanol–water partition coefficient (Wildman–Crippen LogP) is 3.69. The summed E-state index contributed by atoms with van der Waals surface area (Å²) < 4.78 is 20.7. The summed E-state index contributed by atoms with van der Waals surface area (Å²) in [4.78, 5) is 12.2. The van der Waals surface area contributed by atoms with E-state index < -0.39 is 5.82 Å². The summed E-state index contributed by atoms with van der Waals surface area (Å²) in [5.41, 5.74) is 2.46. The van der Waals surface area contributed by atoms with E-state index >= 15 is 0 Å². The van der Waals surface area contributed by atoms with Crippen molar-refractivity contribution < 1.29 is 13.9 Å². The number of rotatable bonds is 6. The van der Waals surface area contributed by atoms with Crippen molar-refractivity contribution in [1.82, 2.24) is 4.57 Å². The number of ether oxygens (including phenoxy) is 1. The van der Waals surface area contributed by atoms with Crippen molar-refractivity contribution in [1.29, 1.82) is 0 Å². The van der Waals surface area contributed by atoms with Crippen molar-refractivity contribution in [2.45, 2.75) is 20.4 Å². The lowest BCUT2D eigenvalue weighted by molar-refractivity contribution is 0.0918. The van der Waals surface area contributed by atoms with Crippen molar-refractivity contribution in [2.24, 2.45) is 0 Å². The second-order valence-corrected chi connectivity index (χ2v) is 4.83. The van der Waals surface area contributed by atoms with E-state index in [9.17, 15) is 9.18 Å². The average Bonchev–Trinajstić information content (AvgIpc) is 2.75. The first-order valence-electron chi connectivity index (χ1n) is 6.72. The summed E-state index contributed by atoms with van der Waals surface area (Å²) in [6.45, 7) is 7.99. The van der Waals surface area contributed by atoms with Gasteiger partial charge in [-0.2, -0.15) is 0 Å². The third-order valence-electron chi connectivity index (χ3n) is 3.38. The highest BCUT2D eigenvalue weighted by atomic mass is 19.1. The molecule has 3 nitrogen and oxygen atoms in total. The molecule has 0 N–H and O–H groups in total. The molecule has 0 aliphatic rings. The molecule has 0 aliphatic carbocycles. The molecule has 0 fully saturated rings. The number of aromatic nitrogens is 1. The number of Topliss-reactive ketones (excluding diaryl/α,β-unsaturated/α-hetero) is 1. The van der Waals surface area contributed by atoms with Crippen molar-refractivity contribution in [3.8, 4) is 5.75 Å². The zero-order valence-electron chi connectivity index (χ0n) is 12.2. The highest BCUT2D eigenvalue weighted by molar-refractivity contribution is 5.98. The van der Waals surface area contributed by atoms with Crippen LogP contribution >= 0.6 is 0 Å². The number of nitrogens with zero attached hydrogens (tertiary/aromatic N) is 1. The lowest BCUT2D eigenvalue weighted by atomic mass is 10.1. The zero-order valence-corrected chi connectivity index (χ0v) is 12.2. The molecule has 0 atom stereocenters. The lowest BCUT2D eigenvalue weighted by Crippen LogP contribution is -2.13. The SMILES string of the molecule is C=CCn1c(C)cc(C(=O)COc2ccccc2F)c1C. The van der Waals surface area contributed by atoms with Gasteiger partial charge in [-0.1, -0.05) is 18.2 Å². The number of carbonyl (C=O) groups is 1. The van der Waals surface area contributed by atoms with Crippen LogP contribution in [0.5, 0.6) is 5.75 Å². The zero-order chi connectivity index (χ0) is 15.4. The van der Waals surface area contributed by atoms with Crippen LogP contribution in [0.3, 0.4) is 0 Å². The monoisotopic (exact) mass is 287 g/mol. The van der Waals surface area contributed by atoms with Gasteiger partial charge in [0.05, 0.1) is 0 Å². The summed E-state index contributed by atoms with van der Waals surface area (Å²) >= 11 is 0. The molecule has 2 rings (SSSR count). The molecule has 0 bridgehead atoms. The minimum Gasteiger partial charge on any atom is -0.482 e. The first-order chi connectivity index (χ1) is 10.0. The third kappa shape index (κ3) is 3.21. The first kappa shape index (κ1) is 15.0. The Labute approximate surface area is 123 Å². The first-order valence-corrected chi connectivity index (χ1v) is 6.72. The Morgan fingerprint density at radius 1 is 1.38 bits per heavy atom. The van der Waals surface area contributed by atoms with Gasteiger partial charge in [0.2, 0.25) is 5.78 Å². The number of para-hydroxylation sites is 1. The van der Waals surface area contributed by atoms with Gasteiger partial charge in [0, 0.05) is 23.5 Å². The van der Waals surface area contributed by atoms with Crippen LogP contribution in [0.15, 0.2) is 43.0 Å². The number of benzene rings is 1. The Morgan fingerprint density at radius 3 is 2.76 bits per heavy atom. The van der Waals surface area contributed by atoms with E-state index in [1.807, 2.05) is 24.5 Å². The molecular weight excluding hydrogens is 269 g/mol. The number of carbonyl (C=O) groups excluding carboxylic acids is 1. The van der Waals surface area contributed by atoms with E-state index in [1.165, 1.54) is 12.1 Å². The van der Waals surface area contributed by atoms with Gasteiger partial charge in [0.15, 0.2) is 18.2 Å². The van der Waals surface area contributed by atoms with E-state index in [-0.39, 0.29) is 18.1 Å². The van der Waals surface area contributed by atoms with Gasteiger partial charge >= 0.3 is 0 Å². The van der Waals surface area contributed by atoms with Crippen molar-refractivity contribution in [3.63, 3.8) is 0 Å². The molecule has 0 saturated carbocycles. The van der Waals surface area contributed by atoms with Gasteiger partial charge in [-0.25, -0.2) is 4.39 Å². The maximum atomic E-state index is 13.4. The molecule has 0 radical (unpaired) electrons. The molecule has 0 unspecified atom stereocenters. The summed E-state index contributed by atoms with van der Waals surface area (Å²) in [6, 6.07) is 7.87. The number of allylic oxidation sites excluding steroid dienone is 1. The van der Waals surface area contributed by atoms with Crippen molar-refractivity contribution in [2.75, 3.05) is 6.61 Å². The fourth-order valence-corrected chi connectivity index (χ4v) is 2.28. The van der Waals surface area contributed by atoms with Gasteiger partial charge in [0.25, 0.3) is 0 Å². The quantitative estimate of drug-likeness (QED) is 0.599. The van der Waals surface area contributed by atoms with Gasteiger partial charge in [0.1, 0.15) is 0 Å². The molecule has 0 spiro atoms. The smallest absolute Gasteiger partial charge is 0.202 e. The fraction of sp³-hybridized carbons (Fsp3) is 0.235. The Kier molecular flexibility index (Phi) is 4.58. The Bertz CT molecular complexity index is 673. The lowest BCUT2D eigenvalue weighted by Gasteiger charge is -2.08. The molecule has 0 aliphatic heterocycles. The van der Waals surface area contributed by atoms with Crippen molar-refractivity contribution in [3.05, 3.63) is 65.8 Å². The topological polar surface area (TPSA) is 31.2 Å². The Morgan fingerprint density at radius 2 is 2.10 bits per heavy atom. The third-order valence-corrected chi connectivity index (χ3v) is 3.38. The average molecular weight is 287 g/mol. The van der Waals surface area contributed by atoms with Crippen LogP contribution in [-0.4, -0.2) is 17.0 Å². The minimum atomic E-state index is -0.470. The number of ketones is 1. The van der Waals surface area contributed by atoms with Crippen LogP contribution in [0.2, 0.25) is 0 Å². The molecule has 1 aromatic carbocycles. The predicted molar refractivity (Wildman–Crippen MR) is 80.3 cm³/mol. The number of hydrogen-bond donors (Lipinski definition) is 0. The summed E-state index contributed by atoms with van der Waals surface area (Å²) in [7, 11) is 0. The van der Waals surface area contributed by atoms with Crippen LogP contribution in [0.4, 0.5) is 4.39 Å². The van der Waals surface area contributed by atoms with Gasteiger partial charge in [-0.3, -0.25) is 4.79 Å². The van der Waals surface area contributed by atoms with Crippen LogP contribution < -0.4 is 4.74 Å². The fourth-order valence-electron chi connectivity index (χ4n) is 2.28.